The Bertz CT molecular complexity index is 369. The molecule has 0 saturated carbocycles. The number of nitrogens with zero attached hydrogens (tertiary/aromatic N) is 2. The number of carbonyl (C=O) groups excluding carboxylic acids is 1. The fraction of sp³-hybridized carbons (Fsp3) is 0.375. The molecule has 0 fully saturated rings. The molecule has 0 saturated heterocycles. The summed E-state index contributed by atoms with van der Waals surface area (Å²) >= 11 is 0. The van der Waals surface area contributed by atoms with Gasteiger partial charge >= 0.3 is 11.9 Å². The van der Waals surface area contributed by atoms with E-state index in [0.29, 0.717) is 6.54 Å². The van der Waals surface area contributed by atoms with Crippen molar-refractivity contribution in [3.63, 3.8) is 0 Å². The molecule has 6 heteroatoms. The van der Waals surface area contributed by atoms with Crippen molar-refractivity contribution in [3.05, 3.63) is 17.5 Å². The first-order valence-electron chi connectivity index (χ1n) is 3.99. The number of aromatic nitrogens is 2. The lowest BCUT2D eigenvalue weighted by atomic mass is 10.2. The molecule has 1 N–H and O–H groups in total. The van der Waals surface area contributed by atoms with E-state index < -0.39 is 11.9 Å². The van der Waals surface area contributed by atoms with Gasteiger partial charge in [-0.05, 0) is 6.92 Å². The zero-order chi connectivity index (χ0) is 10.7. The van der Waals surface area contributed by atoms with Crippen LogP contribution in [0.3, 0.4) is 0 Å². The number of ether oxygens (including phenoxy) is 1. The average molecular weight is 198 g/mol. The highest BCUT2D eigenvalue weighted by Gasteiger charge is 2.22. The van der Waals surface area contributed by atoms with Gasteiger partial charge in [-0.1, -0.05) is 0 Å². The van der Waals surface area contributed by atoms with Crippen LogP contribution in [0.25, 0.3) is 0 Å². The maximum absolute atomic E-state index is 11.1. The zero-order valence-corrected chi connectivity index (χ0v) is 7.85. The topological polar surface area (TPSA) is 81.4 Å². The summed E-state index contributed by atoms with van der Waals surface area (Å²) in [6, 6.07) is 0. The van der Waals surface area contributed by atoms with E-state index in [1.165, 1.54) is 18.0 Å². The van der Waals surface area contributed by atoms with Crippen molar-refractivity contribution < 1.29 is 19.4 Å². The zero-order valence-electron chi connectivity index (χ0n) is 7.85. The van der Waals surface area contributed by atoms with E-state index in [4.69, 9.17) is 5.11 Å². The first-order valence-corrected chi connectivity index (χ1v) is 3.99. The highest BCUT2D eigenvalue weighted by atomic mass is 16.5. The Morgan fingerprint density at radius 2 is 2.29 bits per heavy atom. The van der Waals surface area contributed by atoms with Crippen molar-refractivity contribution in [1.82, 2.24) is 9.78 Å². The van der Waals surface area contributed by atoms with E-state index in [9.17, 15) is 9.59 Å². The van der Waals surface area contributed by atoms with E-state index in [1.807, 2.05) is 0 Å². The maximum atomic E-state index is 11.1. The van der Waals surface area contributed by atoms with Crippen LogP contribution in [0.4, 0.5) is 0 Å². The quantitative estimate of drug-likeness (QED) is 0.710. The monoisotopic (exact) mass is 198 g/mol. The number of rotatable bonds is 3. The fourth-order valence-corrected chi connectivity index (χ4v) is 1.11. The molecule has 14 heavy (non-hydrogen) atoms. The van der Waals surface area contributed by atoms with Gasteiger partial charge in [-0.25, -0.2) is 9.59 Å². The molecule has 0 radical (unpaired) electrons. The molecule has 0 aliphatic carbocycles. The Kier molecular flexibility index (Phi) is 2.85. The smallest absolute Gasteiger partial charge is 0.355 e. The Morgan fingerprint density at radius 1 is 1.64 bits per heavy atom. The molecule has 1 aromatic rings. The van der Waals surface area contributed by atoms with Gasteiger partial charge in [0, 0.05) is 6.54 Å². The van der Waals surface area contributed by atoms with Crippen LogP contribution in [0.5, 0.6) is 0 Å². The molecule has 0 atom stereocenters. The van der Waals surface area contributed by atoms with Crippen LogP contribution < -0.4 is 0 Å². The van der Waals surface area contributed by atoms with Crippen molar-refractivity contribution in [1.29, 1.82) is 0 Å². The summed E-state index contributed by atoms with van der Waals surface area (Å²) in [6.45, 7) is 2.12. The SMILES string of the molecule is CCn1ncc(C(=O)OC)c1C(=O)O. The highest BCUT2D eigenvalue weighted by Crippen LogP contribution is 2.09. The van der Waals surface area contributed by atoms with Crippen molar-refractivity contribution in [2.24, 2.45) is 0 Å². The number of aryl methyl sites for hydroxylation is 1. The van der Waals surface area contributed by atoms with Crippen LogP contribution >= 0.6 is 0 Å². The molecule has 0 unspecified atom stereocenters. The fourth-order valence-electron chi connectivity index (χ4n) is 1.11. The first-order chi connectivity index (χ1) is 6.61. The lowest BCUT2D eigenvalue weighted by molar-refractivity contribution is 0.0580. The molecular weight excluding hydrogens is 188 g/mol. The van der Waals surface area contributed by atoms with Gasteiger partial charge < -0.3 is 9.84 Å². The molecule has 0 spiro atoms. The number of carbonyl (C=O) groups is 2. The largest absolute Gasteiger partial charge is 0.476 e. The maximum Gasteiger partial charge on any atom is 0.355 e. The Balaban J connectivity index is 3.24. The predicted octanol–water partition coefficient (Wildman–Crippen LogP) is 0.388. The van der Waals surface area contributed by atoms with Crippen LogP contribution in [0.1, 0.15) is 27.8 Å². The summed E-state index contributed by atoms with van der Waals surface area (Å²) in [7, 11) is 1.19. The van der Waals surface area contributed by atoms with E-state index in [2.05, 4.69) is 9.84 Å². The van der Waals surface area contributed by atoms with Crippen LogP contribution in [0, 0.1) is 0 Å². The molecule has 6 nitrogen and oxygen atoms in total. The van der Waals surface area contributed by atoms with Crippen LogP contribution in [0.15, 0.2) is 6.20 Å². The second-order valence-electron chi connectivity index (χ2n) is 2.52. The van der Waals surface area contributed by atoms with E-state index >= 15 is 0 Å². The number of methoxy groups -OCH3 is 1. The van der Waals surface area contributed by atoms with Crippen molar-refractivity contribution in [2.45, 2.75) is 13.5 Å². The molecule has 0 aromatic carbocycles. The molecule has 0 amide bonds. The normalized spacial score (nSPS) is 9.86. The van der Waals surface area contributed by atoms with Crippen molar-refractivity contribution >= 4 is 11.9 Å². The predicted molar refractivity (Wildman–Crippen MR) is 46.2 cm³/mol. The number of hydrogen-bond acceptors (Lipinski definition) is 4. The van der Waals surface area contributed by atoms with E-state index in [-0.39, 0.29) is 11.3 Å². The summed E-state index contributed by atoms with van der Waals surface area (Å²) in [5.41, 5.74) is -0.166. The summed E-state index contributed by atoms with van der Waals surface area (Å²) in [4.78, 5) is 21.9. The van der Waals surface area contributed by atoms with Gasteiger partial charge in [0.1, 0.15) is 5.56 Å². The highest BCUT2D eigenvalue weighted by molar-refractivity contribution is 6.01. The minimum atomic E-state index is -1.19. The standard InChI is InChI=1S/C8H10N2O4/c1-3-10-6(7(11)12)5(4-9-10)8(13)14-2/h4H,3H2,1-2H3,(H,11,12). The van der Waals surface area contributed by atoms with E-state index in [0.717, 1.165) is 0 Å². The van der Waals surface area contributed by atoms with Gasteiger partial charge in [0.25, 0.3) is 0 Å². The molecule has 76 valence electrons. The molecule has 0 aliphatic heterocycles. The van der Waals surface area contributed by atoms with Crippen LogP contribution in [-0.2, 0) is 11.3 Å². The molecule has 1 rings (SSSR count). The molecular formula is C8H10N2O4. The van der Waals surface area contributed by atoms with Gasteiger partial charge in [0.2, 0.25) is 0 Å². The third kappa shape index (κ3) is 1.59. The summed E-state index contributed by atoms with van der Waals surface area (Å²) in [5, 5.41) is 12.6. The van der Waals surface area contributed by atoms with Gasteiger partial charge in [-0.3, -0.25) is 4.68 Å². The summed E-state index contributed by atoms with van der Waals surface area (Å²) in [6.07, 6.45) is 1.19. The number of esters is 1. The Labute approximate surface area is 80.1 Å². The van der Waals surface area contributed by atoms with Gasteiger partial charge in [-0.2, -0.15) is 5.10 Å². The summed E-state index contributed by atoms with van der Waals surface area (Å²) < 4.78 is 5.66. The molecule has 0 aliphatic rings. The first kappa shape index (κ1) is 10.2. The van der Waals surface area contributed by atoms with Gasteiger partial charge in [0.15, 0.2) is 5.69 Å². The number of hydrogen-bond donors (Lipinski definition) is 1. The molecule has 1 aromatic heterocycles. The second-order valence-corrected chi connectivity index (χ2v) is 2.52. The third-order valence-electron chi connectivity index (χ3n) is 1.75. The van der Waals surface area contributed by atoms with E-state index in [1.54, 1.807) is 6.92 Å². The Morgan fingerprint density at radius 3 is 2.71 bits per heavy atom. The minimum Gasteiger partial charge on any atom is -0.476 e. The van der Waals surface area contributed by atoms with Crippen molar-refractivity contribution in [3.8, 4) is 0 Å². The lowest BCUT2D eigenvalue weighted by Gasteiger charge is -2.01. The third-order valence-corrected chi connectivity index (χ3v) is 1.75. The molecule has 0 bridgehead atoms. The second kappa shape index (κ2) is 3.91. The Hall–Kier alpha value is -1.85. The average Bonchev–Trinajstić information content (AvgIpc) is 2.59. The van der Waals surface area contributed by atoms with Crippen LogP contribution in [0.2, 0.25) is 0 Å². The minimum absolute atomic E-state index is 0.0261. The molecule has 1 heterocycles. The van der Waals surface area contributed by atoms with Gasteiger partial charge in [-0.15, -0.1) is 0 Å². The number of carboxylic acids is 1. The number of carboxylic acid groups (broad SMARTS) is 1. The lowest BCUT2D eigenvalue weighted by Crippen LogP contribution is -2.13. The van der Waals surface area contributed by atoms with Crippen molar-refractivity contribution in [2.75, 3.05) is 7.11 Å². The van der Waals surface area contributed by atoms with Crippen LogP contribution in [-0.4, -0.2) is 33.9 Å². The summed E-state index contributed by atoms with van der Waals surface area (Å²) in [5.74, 6) is -1.88. The number of aromatic carboxylic acids is 1. The van der Waals surface area contributed by atoms with Gasteiger partial charge in [0.05, 0.1) is 13.3 Å².